The number of nitrogens with one attached hydrogen (secondary N) is 1. The number of carbonyl (C=O) groups is 1. The molecule has 0 aliphatic heterocycles. The van der Waals surface area contributed by atoms with Gasteiger partial charge in [0, 0.05) is 5.56 Å². The lowest BCUT2D eigenvalue weighted by molar-refractivity contribution is 0.0594. The maximum atomic E-state index is 11.4. The van der Waals surface area contributed by atoms with Gasteiger partial charge < -0.3 is 4.74 Å². The summed E-state index contributed by atoms with van der Waals surface area (Å²) in [5, 5.41) is 6.85. The van der Waals surface area contributed by atoms with Crippen LogP contribution < -0.4 is 0 Å². The van der Waals surface area contributed by atoms with Crippen molar-refractivity contribution in [2.75, 3.05) is 7.11 Å². The summed E-state index contributed by atoms with van der Waals surface area (Å²) in [7, 11) is 1.35. The first-order chi connectivity index (χ1) is 8.52. The molecule has 0 aliphatic rings. The smallest absolute Gasteiger partial charge is 0.356 e. The molecule has 1 N–H and O–H groups in total. The third-order valence-corrected chi connectivity index (χ3v) is 3.10. The Bertz CT molecular complexity index is 600. The number of esters is 1. The number of rotatable bonds is 2. The number of ether oxygens (including phenoxy) is 1. The van der Waals surface area contributed by atoms with Crippen LogP contribution in [0.3, 0.4) is 0 Å². The van der Waals surface area contributed by atoms with Gasteiger partial charge in [-0.25, -0.2) is 4.79 Å². The number of aromatic nitrogens is 2. The normalized spacial score (nSPS) is 10.4. The fourth-order valence-electron chi connectivity index (χ4n) is 1.91. The summed E-state index contributed by atoms with van der Waals surface area (Å²) >= 11 is 0. The third kappa shape index (κ3) is 2.14. The number of hydrogen-bond donors (Lipinski definition) is 1. The molecule has 94 valence electrons. The molecule has 0 atom stereocenters. The minimum Gasteiger partial charge on any atom is -0.464 e. The number of methoxy groups -OCH3 is 1. The maximum Gasteiger partial charge on any atom is 0.356 e. The van der Waals surface area contributed by atoms with E-state index in [1.54, 1.807) is 6.07 Å². The molecule has 0 aliphatic carbocycles. The van der Waals surface area contributed by atoms with Crippen molar-refractivity contribution in [3.8, 4) is 11.3 Å². The first-order valence-corrected chi connectivity index (χ1v) is 5.75. The molecule has 4 nitrogen and oxygen atoms in total. The van der Waals surface area contributed by atoms with Crippen molar-refractivity contribution in [3.05, 3.63) is 40.6 Å². The van der Waals surface area contributed by atoms with Crippen LogP contribution in [-0.4, -0.2) is 23.3 Å². The van der Waals surface area contributed by atoms with Crippen molar-refractivity contribution in [1.29, 1.82) is 0 Å². The Morgan fingerprint density at radius 2 is 1.78 bits per heavy atom. The number of carbonyl (C=O) groups excluding carboxylic acids is 1. The molecule has 0 saturated carbocycles. The molecule has 1 aromatic heterocycles. The van der Waals surface area contributed by atoms with Gasteiger partial charge in [-0.05, 0) is 49.6 Å². The first-order valence-electron chi connectivity index (χ1n) is 5.75. The summed E-state index contributed by atoms with van der Waals surface area (Å²) in [4.78, 5) is 11.4. The van der Waals surface area contributed by atoms with E-state index in [0.29, 0.717) is 5.69 Å². The Balaban J connectivity index is 2.46. The molecule has 1 aromatic carbocycles. The summed E-state index contributed by atoms with van der Waals surface area (Å²) in [6.45, 7) is 6.18. The van der Waals surface area contributed by atoms with E-state index in [9.17, 15) is 4.79 Å². The molecule has 18 heavy (non-hydrogen) atoms. The van der Waals surface area contributed by atoms with Gasteiger partial charge in [-0.1, -0.05) is 6.07 Å². The molecule has 0 radical (unpaired) electrons. The highest BCUT2D eigenvalue weighted by Gasteiger charge is 2.12. The SMILES string of the molecule is COC(=O)c1cc(-c2cc(C)c(C)cc2C)n[nH]1. The Morgan fingerprint density at radius 1 is 1.11 bits per heavy atom. The molecule has 1 heterocycles. The average molecular weight is 244 g/mol. The average Bonchev–Trinajstić information content (AvgIpc) is 2.82. The lowest BCUT2D eigenvalue weighted by Crippen LogP contribution is -2.00. The minimum absolute atomic E-state index is 0.366. The molecule has 0 amide bonds. The summed E-state index contributed by atoms with van der Waals surface area (Å²) in [6.07, 6.45) is 0. The number of hydrogen-bond acceptors (Lipinski definition) is 3. The standard InChI is InChI=1S/C14H16N2O2/c1-8-5-10(3)11(6-9(8)2)12-7-13(16-15-12)14(17)18-4/h5-7H,1-4H3,(H,15,16). The van der Waals surface area contributed by atoms with Gasteiger partial charge in [0.2, 0.25) is 0 Å². The van der Waals surface area contributed by atoms with Crippen LogP contribution in [0.15, 0.2) is 18.2 Å². The largest absolute Gasteiger partial charge is 0.464 e. The second kappa shape index (κ2) is 4.64. The van der Waals surface area contributed by atoms with E-state index in [4.69, 9.17) is 0 Å². The summed E-state index contributed by atoms with van der Waals surface area (Å²) < 4.78 is 4.65. The Hall–Kier alpha value is -2.10. The molecule has 0 unspecified atom stereocenters. The van der Waals surface area contributed by atoms with Crippen LogP contribution in [0.5, 0.6) is 0 Å². The van der Waals surface area contributed by atoms with Crippen molar-refractivity contribution in [3.63, 3.8) is 0 Å². The molecule has 0 spiro atoms. The predicted molar refractivity (Wildman–Crippen MR) is 69.6 cm³/mol. The van der Waals surface area contributed by atoms with Crippen LogP contribution in [-0.2, 0) is 4.74 Å². The zero-order valence-electron chi connectivity index (χ0n) is 11.0. The highest BCUT2D eigenvalue weighted by atomic mass is 16.5. The van der Waals surface area contributed by atoms with Crippen molar-refractivity contribution in [1.82, 2.24) is 10.2 Å². The van der Waals surface area contributed by atoms with E-state index in [2.05, 4.69) is 40.9 Å². The zero-order chi connectivity index (χ0) is 13.3. The predicted octanol–water partition coefficient (Wildman–Crippen LogP) is 2.79. The molecule has 2 aromatic rings. The van der Waals surface area contributed by atoms with Crippen LogP contribution in [0.4, 0.5) is 0 Å². The highest BCUT2D eigenvalue weighted by Crippen LogP contribution is 2.25. The van der Waals surface area contributed by atoms with Gasteiger partial charge in [-0.15, -0.1) is 0 Å². The van der Waals surface area contributed by atoms with Gasteiger partial charge in [-0.3, -0.25) is 5.10 Å². The highest BCUT2D eigenvalue weighted by molar-refractivity contribution is 5.88. The van der Waals surface area contributed by atoms with Crippen LogP contribution in [0.25, 0.3) is 11.3 Å². The number of aryl methyl sites for hydroxylation is 3. The van der Waals surface area contributed by atoms with Gasteiger partial charge in [0.1, 0.15) is 5.69 Å². The van der Waals surface area contributed by atoms with E-state index in [1.165, 1.54) is 18.2 Å². The second-order valence-corrected chi connectivity index (χ2v) is 4.41. The van der Waals surface area contributed by atoms with E-state index < -0.39 is 5.97 Å². The zero-order valence-corrected chi connectivity index (χ0v) is 11.0. The number of benzene rings is 1. The van der Waals surface area contributed by atoms with E-state index in [-0.39, 0.29) is 0 Å². The molecule has 0 bridgehead atoms. The second-order valence-electron chi connectivity index (χ2n) is 4.41. The monoisotopic (exact) mass is 244 g/mol. The van der Waals surface area contributed by atoms with Crippen molar-refractivity contribution >= 4 is 5.97 Å². The van der Waals surface area contributed by atoms with Crippen molar-refractivity contribution in [2.24, 2.45) is 0 Å². The van der Waals surface area contributed by atoms with Crippen LogP contribution in [0.1, 0.15) is 27.2 Å². The number of aromatic amines is 1. The molecular weight excluding hydrogens is 228 g/mol. The van der Waals surface area contributed by atoms with Gasteiger partial charge in [0.05, 0.1) is 12.8 Å². The first kappa shape index (κ1) is 12.4. The summed E-state index contributed by atoms with van der Waals surface area (Å²) in [6, 6.07) is 5.92. The topological polar surface area (TPSA) is 55.0 Å². The fourth-order valence-corrected chi connectivity index (χ4v) is 1.91. The Kier molecular flexibility index (Phi) is 3.19. The summed E-state index contributed by atoms with van der Waals surface area (Å²) in [5.74, 6) is -0.407. The Morgan fingerprint density at radius 3 is 2.44 bits per heavy atom. The van der Waals surface area contributed by atoms with E-state index >= 15 is 0 Å². The Labute approximate surface area is 106 Å². The fraction of sp³-hybridized carbons (Fsp3) is 0.286. The van der Waals surface area contributed by atoms with Crippen LogP contribution >= 0.6 is 0 Å². The lowest BCUT2D eigenvalue weighted by atomic mass is 9.99. The lowest BCUT2D eigenvalue weighted by Gasteiger charge is -2.07. The van der Waals surface area contributed by atoms with Crippen molar-refractivity contribution < 1.29 is 9.53 Å². The van der Waals surface area contributed by atoms with Crippen molar-refractivity contribution in [2.45, 2.75) is 20.8 Å². The minimum atomic E-state index is -0.407. The van der Waals surface area contributed by atoms with Crippen LogP contribution in [0, 0.1) is 20.8 Å². The van der Waals surface area contributed by atoms with Gasteiger partial charge in [0.15, 0.2) is 0 Å². The molecule has 4 heteroatoms. The summed E-state index contributed by atoms with van der Waals surface area (Å²) in [5.41, 5.74) is 5.75. The maximum absolute atomic E-state index is 11.4. The number of nitrogens with zero attached hydrogens (tertiary/aromatic N) is 1. The molecule has 2 rings (SSSR count). The van der Waals surface area contributed by atoms with Gasteiger partial charge in [-0.2, -0.15) is 5.10 Å². The molecule has 0 fully saturated rings. The number of H-pyrrole nitrogens is 1. The van der Waals surface area contributed by atoms with Crippen LogP contribution in [0.2, 0.25) is 0 Å². The van der Waals surface area contributed by atoms with E-state index in [1.807, 2.05) is 6.92 Å². The molecule has 0 saturated heterocycles. The molecular formula is C14H16N2O2. The van der Waals surface area contributed by atoms with Gasteiger partial charge in [0.25, 0.3) is 0 Å². The quantitative estimate of drug-likeness (QED) is 0.826. The third-order valence-electron chi connectivity index (χ3n) is 3.10. The van der Waals surface area contributed by atoms with Gasteiger partial charge >= 0.3 is 5.97 Å². The van der Waals surface area contributed by atoms with E-state index in [0.717, 1.165) is 16.8 Å².